The van der Waals surface area contributed by atoms with Crippen molar-refractivity contribution in [3.8, 4) is 0 Å². The second-order valence-electron chi connectivity index (χ2n) is 5.02. The molecule has 0 bridgehead atoms. The summed E-state index contributed by atoms with van der Waals surface area (Å²) >= 11 is 0. The van der Waals surface area contributed by atoms with Crippen molar-refractivity contribution in [3.05, 3.63) is 35.3 Å². The third-order valence-electron chi connectivity index (χ3n) is 3.33. The Morgan fingerprint density at radius 1 is 1.44 bits per heavy atom. The molecule has 0 aliphatic carbocycles. The quantitative estimate of drug-likeness (QED) is 0.289. The standard InChI is InChI=1S/C15H22N6O3.HI/c1-5-16-15(18-8-13-19-9-20-21(13)3)17-7-11-6-12(10(2)24-11)14(22)23-4;/h6,9H,5,7-8H2,1-4H3,(H2,16,17,18);1H. The molecule has 2 aromatic heterocycles. The number of nitrogens with zero attached hydrogens (tertiary/aromatic N) is 4. The Morgan fingerprint density at radius 3 is 2.80 bits per heavy atom. The second-order valence-corrected chi connectivity index (χ2v) is 5.02. The fourth-order valence-corrected chi connectivity index (χ4v) is 2.07. The van der Waals surface area contributed by atoms with Gasteiger partial charge in [0.05, 0.1) is 13.7 Å². The number of halogens is 1. The Hall–Kier alpha value is -2.11. The van der Waals surface area contributed by atoms with E-state index in [1.807, 2.05) is 14.0 Å². The van der Waals surface area contributed by atoms with E-state index < -0.39 is 5.97 Å². The van der Waals surface area contributed by atoms with Gasteiger partial charge in [0, 0.05) is 13.6 Å². The lowest BCUT2D eigenvalue weighted by Crippen LogP contribution is -2.36. The zero-order valence-corrected chi connectivity index (χ0v) is 17.0. The number of guanidine groups is 1. The molecule has 0 unspecified atom stereocenters. The number of ether oxygens (including phenoxy) is 1. The van der Waals surface area contributed by atoms with Gasteiger partial charge in [-0.1, -0.05) is 0 Å². The molecule has 0 amide bonds. The number of nitrogens with one attached hydrogen (secondary N) is 2. The number of hydrogen-bond donors (Lipinski definition) is 2. The zero-order valence-electron chi connectivity index (χ0n) is 14.7. The molecule has 0 aliphatic rings. The summed E-state index contributed by atoms with van der Waals surface area (Å²) in [6, 6.07) is 1.67. The number of hydrogen-bond acceptors (Lipinski definition) is 6. The summed E-state index contributed by atoms with van der Waals surface area (Å²) in [4.78, 5) is 20.2. The molecule has 0 spiro atoms. The topological polar surface area (TPSA) is 107 Å². The first-order valence-corrected chi connectivity index (χ1v) is 7.57. The highest BCUT2D eigenvalue weighted by Crippen LogP contribution is 2.15. The lowest BCUT2D eigenvalue weighted by molar-refractivity contribution is 0.0599. The summed E-state index contributed by atoms with van der Waals surface area (Å²) in [7, 11) is 3.16. The predicted molar refractivity (Wildman–Crippen MR) is 103 cm³/mol. The number of rotatable bonds is 6. The minimum absolute atomic E-state index is 0. The van der Waals surface area contributed by atoms with Crippen molar-refractivity contribution in [3.63, 3.8) is 0 Å². The number of aryl methyl sites for hydroxylation is 2. The van der Waals surface area contributed by atoms with Crippen LogP contribution in [0.1, 0.15) is 34.6 Å². The van der Waals surface area contributed by atoms with Crippen LogP contribution in [0.3, 0.4) is 0 Å². The molecule has 0 radical (unpaired) electrons. The number of methoxy groups -OCH3 is 1. The number of furan rings is 1. The van der Waals surface area contributed by atoms with E-state index in [0.29, 0.717) is 36.1 Å². The summed E-state index contributed by atoms with van der Waals surface area (Å²) < 4.78 is 12.0. The van der Waals surface area contributed by atoms with Gasteiger partial charge in [-0.15, -0.1) is 24.0 Å². The number of carbonyl (C=O) groups excluding carboxylic acids is 1. The Balaban J connectivity index is 0.00000312. The maximum atomic E-state index is 11.6. The molecule has 9 nitrogen and oxygen atoms in total. The molecule has 2 aromatic rings. The van der Waals surface area contributed by atoms with E-state index in [1.54, 1.807) is 17.7 Å². The third kappa shape index (κ3) is 5.73. The number of carbonyl (C=O) groups is 1. The molecule has 0 atom stereocenters. The molecule has 0 saturated carbocycles. The number of aliphatic imine (C=N–C) groups is 1. The molecule has 2 N–H and O–H groups in total. The highest BCUT2D eigenvalue weighted by Gasteiger charge is 2.15. The van der Waals surface area contributed by atoms with Crippen molar-refractivity contribution >= 4 is 35.9 Å². The van der Waals surface area contributed by atoms with E-state index in [-0.39, 0.29) is 24.0 Å². The summed E-state index contributed by atoms with van der Waals surface area (Å²) in [5.41, 5.74) is 0.426. The van der Waals surface area contributed by atoms with Crippen LogP contribution in [0, 0.1) is 6.92 Å². The minimum atomic E-state index is -0.412. The molecular weight excluding hydrogens is 439 g/mol. The van der Waals surface area contributed by atoms with Crippen LogP contribution >= 0.6 is 24.0 Å². The van der Waals surface area contributed by atoms with Crippen LogP contribution in [0.2, 0.25) is 0 Å². The van der Waals surface area contributed by atoms with Crippen LogP contribution in [-0.4, -0.2) is 40.3 Å². The van der Waals surface area contributed by atoms with Gasteiger partial charge in [-0.25, -0.2) is 14.8 Å². The molecule has 0 fully saturated rings. The fraction of sp³-hybridized carbons (Fsp3) is 0.467. The molecule has 25 heavy (non-hydrogen) atoms. The Bertz CT molecular complexity index is 725. The first-order chi connectivity index (χ1) is 11.5. The van der Waals surface area contributed by atoms with E-state index in [9.17, 15) is 4.79 Å². The van der Waals surface area contributed by atoms with Gasteiger partial charge in [0.1, 0.15) is 35.8 Å². The van der Waals surface area contributed by atoms with Gasteiger partial charge in [0.25, 0.3) is 0 Å². The van der Waals surface area contributed by atoms with E-state index in [2.05, 4.69) is 25.7 Å². The van der Waals surface area contributed by atoms with Gasteiger partial charge < -0.3 is 19.8 Å². The maximum Gasteiger partial charge on any atom is 0.341 e. The Labute approximate surface area is 163 Å². The average Bonchev–Trinajstić information content (AvgIpc) is 3.15. The first kappa shape index (κ1) is 20.9. The monoisotopic (exact) mass is 462 g/mol. The SMILES string of the molecule is CCNC(=NCc1ncnn1C)NCc1cc(C(=O)OC)c(C)o1.I. The second kappa shape index (κ2) is 10.0. The van der Waals surface area contributed by atoms with Crippen molar-refractivity contribution in [1.29, 1.82) is 0 Å². The predicted octanol–water partition coefficient (Wildman–Crippen LogP) is 1.38. The Morgan fingerprint density at radius 2 is 2.20 bits per heavy atom. The highest BCUT2D eigenvalue weighted by molar-refractivity contribution is 14.0. The van der Waals surface area contributed by atoms with Gasteiger partial charge in [-0.2, -0.15) is 5.10 Å². The van der Waals surface area contributed by atoms with Crippen molar-refractivity contribution in [2.24, 2.45) is 12.0 Å². The summed E-state index contributed by atoms with van der Waals surface area (Å²) in [5, 5.41) is 10.3. The van der Waals surface area contributed by atoms with E-state index in [0.717, 1.165) is 12.4 Å². The Kier molecular flexibility index (Phi) is 8.38. The molecule has 138 valence electrons. The van der Waals surface area contributed by atoms with Crippen molar-refractivity contribution < 1.29 is 13.9 Å². The lowest BCUT2D eigenvalue weighted by Gasteiger charge is -2.09. The summed E-state index contributed by atoms with van der Waals surface area (Å²) in [6.45, 7) is 5.21. The largest absolute Gasteiger partial charge is 0.465 e. The van der Waals surface area contributed by atoms with Crippen LogP contribution in [0.5, 0.6) is 0 Å². The highest BCUT2D eigenvalue weighted by atomic mass is 127. The van der Waals surface area contributed by atoms with Crippen LogP contribution < -0.4 is 10.6 Å². The van der Waals surface area contributed by atoms with Crippen molar-refractivity contribution in [2.45, 2.75) is 26.9 Å². The van der Waals surface area contributed by atoms with Gasteiger partial charge >= 0.3 is 5.97 Å². The van der Waals surface area contributed by atoms with Gasteiger partial charge in [0.2, 0.25) is 0 Å². The molecule has 0 aromatic carbocycles. The molecular formula is C15H23IN6O3. The van der Waals surface area contributed by atoms with Gasteiger partial charge in [0.15, 0.2) is 5.96 Å². The maximum absolute atomic E-state index is 11.6. The fourth-order valence-electron chi connectivity index (χ4n) is 2.07. The molecule has 0 saturated heterocycles. The normalized spacial score (nSPS) is 11.0. The molecule has 2 heterocycles. The number of aromatic nitrogens is 3. The first-order valence-electron chi connectivity index (χ1n) is 7.57. The average molecular weight is 462 g/mol. The van der Waals surface area contributed by atoms with Gasteiger partial charge in [-0.05, 0) is 19.9 Å². The number of esters is 1. The molecule has 0 aliphatic heterocycles. The molecule has 2 rings (SSSR count). The van der Waals surface area contributed by atoms with Crippen LogP contribution in [0.15, 0.2) is 21.8 Å². The van der Waals surface area contributed by atoms with Crippen LogP contribution in [0.25, 0.3) is 0 Å². The van der Waals surface area contributed by atoms with Crippen LogP contribution in [-0.2, 0) is 24.9 Å². The smallest absolute Gasteiger partial charge is 0.341 e. The lowest BCUT2D eigenvalue weighted by atomic mass is 10.2. The van der Waals surface area contributed by atoms with Gasteiger partial charge in [-0.3, -0.25) is 4.68 Å². The van der Waals surface area contributed by atoms with Crippen molar-refractivity contribution in [2.75, 3.05) is 13.7 Å². The summed E-state index contributed by atoms with van der Waals surface area (Å²) in [5.74, 6) is 2.12. The van der Waals surface area contributed by atoms with Crippen molar-refractivity contribution in [1.82, 2.24) is 25.4 Å². The van der Waals surface area contributed by atoms with Crippen LogP contribution in [0.4, 0.5) is 0 Å². The zero-order chi connectivity index (χ0) is 17.5. The minimum Gasteiger partial charge on any atom is -0.465 e. The summed E-state index contributed by atoms with van der Waals surface area (Å²) in [6.07, 6.45) is 1.49. The molecule has 10 heteroatoms. The van der Waals surface area contributed by atoms with E-state index >= 15 is 0 Å². The van der Waals surface area contributed by atoms with E-state index in [1.165, 1.54) is 13.4 Å². The van der Waals surface area contributed by atoms with E-state index in [4.69, 9.17) is 9.15 Å². The third-order valence-corrected chi connectivity index (χ3v) is 3.33.